The molecule has 14 heavy (non-hydrogen) atoms. The zero-order valence-electron chi connectivity index (χ0n) is 7.65. The minimum absolute atomic E-state index is 0.0000510. The lowest BCUT2D eigenvalue weighted by Gasteiger charge is -2.03. The number of rotatable bonds is 1. The summed E-state index contributed by atoms with van der Waals surface area (Å²) in [6.07, 6.45) is 0.626. The second kappa shape index (κ2) is 2.90. The van der Waals surface area contributed by atoms with Crippen molar-refractivity contribution in [1.29, 1.82) is 0 Å². The standard InChI is InChI=1S/C10H10O4/c1-5-2-7-8(11)3-6(10(12)13)4-9(7)14-5/h3-5,11H,2H2,1H3,(H,12,13). The summed E-state index contributed by atoms with van der Waals surface area (Å²) < 4.78 is 5.36. The van der Waals surface area contributed by atoms with Crippen LogP contribution in [0.4, 0.5) is 0 Å². The third kappa shape index (κ3) is 1.28. The van der Waals surface area contributed by atoms with E-state index in [4.69, 9.17) is 9.84 Å². The van der Waals surface area contributed by atoms with Crippen LogP contribution < -0.4 is 4.74 Å². The number of carboxylic acids is 1. The summed E-state index contributed by atoms with van der Waals surface area (Å²) >= 11 is 0. The first-order chi connectivity index (χ1) is 6.58. The molecule has 1 heterocycles. The highest BCUT2D eigenvalue weighted by Crippen LogP contribution is 2.36. The Balaban J connectivity index is 2.51. The zero-order chi connectivity index (χ0) is 10.3. The van der Waals surface area contributed by atoms with Crippen molar-refractivity contribution in [1.82, 2.24) is 0 Å². The van der Waals surface area contributed by atoms with E-state index in [0.29, 0.717) is 17.7 Å². The van der Waals surface area contributed by atoms with Crippen LogP contribution >= 0.6 is 0 Å². The van der Waals surface area contributed by atoms with Crippen molar-refractivity contribution in [2.75, 3.05) is 0 Å². The normalized spacial score (nSPS) is 18.8. The lowest BCUT2D eigenvalue weighted by Crippen LogP contribution is -2.05. The van der Waals surface area contributed by atoms with E-state index in [2.05, 4.69) is 0 Å². The number of hydrogen-bond acceptors (Lipinski definition) is 3. The minimum atomic E-state index is -1.06. The maximum absolute atomic E-state index is 10.7. The molecule has 0 aromatic heterocycles. The van der Waals surface area contributed by atoms with Crippen LogP contribution in [-0.4, -0.2) is 22.3 Å². The Hall–Kier alpha value is -1.71. The number of aromatic hydroxyl groups is 1. The van der Waals surface area contributed by atoms with E-state index >= 15 is 0 Å². The van der Waals surface area contributed by atoms with Gasteiger partial charge in [0.2, 0.25) is 0 Å². The summed E-state index contributed by atoms with van der Waals surface area (Å²) in [4.78, 5) is 10.7. The van der Waals surface area contributed by atoms with E-state index in [0.717, 1.165) is 0 Å². The first-order valence-electron chi connectivity index (χ1n) is 4.34. The van der Waals surface area contributed by atoms with Crippen LogP contribution in [0.3, 0.4) is 0 Å². The van der Waals surface area contributed by atoms with Gasteiger partial charge in [-0.2, -0.15) is 0 Å². The fourth-order valence-corrected chi connectivity index (χ4v) is 1.61. The molecule has 2 rings (SSSR count). The van der Waals surface area contributed by atoms with Crippen LogP contribution in [0.25, 0.3) is 0 Å². The molecule has 1 unspecified atom stereocenters. The second-order valence-electron chi connectivity index (χ2n) is 3.41. The molecule has 0 bridgehead atoms. The highest BCUT2D eigenvalue weighted by Gasteiger charge is 2.24. The van der Waals surface area contributed by atoms with Crippen LogP contribution in [0.2, 0.25) is 0 Å². The molecule has 1 aromatic rings. The number of ether oxygens (including phenoxy) is 1. The van der Waals surface area contributed by atoms with Gasteiger partial charge in [0.05, 0.1) is 5.56 Å². The van der Waals surface area contributed by atoms with Crippen LogP contribution in [-0.2, 0) is 6.42 Å². The number of carbonyl (C=O) groups is 1. The Morgan fingerprint density at radius 1 is 1.57 bits per heavy atom. The Kier molecular flexibility index (Phi) is 1.84. The van der Waals surface area contributed by atoms with Crippen LogP contribution in [0, 0.1) is 0 Å². The lowest BCUT2D eigenvalue weighted by atomic mass is 10.1. The Labute approximate surface area is 80.7 Å². The number of aromatic carboxylic acids is 1. The molecule has 0 amide bonds. The maximum Gasteiger partial charge on any atom is 0.335 e. The fourth-order valence-electron chi connectivity index (χ4n) is 1.61. The highest BCUT2D eigenvalue weighted by molar-refractivity contribution is 5.89. The van der Waals surface area contributed by atoms with Crippen LogP contribution in [0.1, 0.15) is 22.8 Å². The average molecular weight is 194 g/mol. The lowest BCUT2D eigenvalue weighted by molar-refractivity contribution is 0.0696. The molecule has 1 aliphatic rings. The Morgan fingerprint density at radius 2 is 2.29 bits per heavy atom. The van der Waals surface area contributed by atoms with Crippen molar-refractivity contribution in [3.63, 3.8) is 0 Å². The molecular formula is C10H10O4. The molecule has 0 fully saturated rings. The van der Waals surface area contributed by atoms with Gasteiger partial charge >= 0.3 is 5.97 Å². The predicted molar refractivity (Wildman–Crippen MR) is 48.9 cm³/mol. The number of phenolic OH excluding ortho intramolecular Hbond substituents is 1. The van der Waals surface area contributed by atoms with Gasteiger partial charge in [0.15, 0.2) is 0 Å². The molecular weight excluding hydrogens is 184 g/mol. The smallest absolute Gasteiger partial charge is 0.335 e. The Bertz CT molecular complexity index is 397. The summed E-state index contributed by atoms with van der Waals surface area (Å²) in [6, 6.07) is 2.70. The first kappa shape index (κ1) is 8.87. The van der Waals surface area contributed by atoms with E-state index < -0.39 is 5.97 Å². The van der Waals surface area contributed by atoms with Crippen molar-refractivity contribution < 1.29 is 19.7 Å². The fraction of sp³-hybridized carbons (Fsp3) is 0.300. The van der Waals surface area contributed by atoms with E-state index in [9.17, 15) is 9.90 Å². The largest absolute Gasteiger partial charge is 0.508 e. The minimum Gasteiger partial charge on any atom is -0.508 e. The quantitative estimate of drug-likeness (QED) is 0.709. The Morgan fingerprint density at radius 3 is 2.93 bits per heavy atom. The molecule has 0 radical (unpaired) electrons. The van der Waals surface area contributed by atoms with Crippen molar-refractivity contribution in [2.45, 2.75) is 19.4 Å². The topological polar surface area (TPSA) is 66.8 Å². The number of carboxylic acid groups (broad SMARTS) is 1. The number of benzene rings is 1. The maximum atomic E-state index is 10.7. The summed E-state index contributed by atoms with van der Waals surface area (Å²) in [7, 11) is 0. The molecule has 0 spiro atoms. The molecule has 0 aliphatic carbocycles. The van der Waals surface area contributed by atoms with Gasteiger partial charge in [-0.3, -0.25) is 0 Å². The van der Waals surface area contributed by atoms with Gasteiger partial charge in [-0.25, -0.2) is 4.79 Å². The van der Waals surface area contributed by atoms with E-state index in [1.54, 1.807) is 0 Å². The molecule has 1 atom stereocenters. The van der Waals surface area contributed by atoms with Crippen molar-refractivity contribution in [3.05, 3.63) is 23.3 Å². The second-order valence-corrected chi connectivity index (χ2v) is 3.41. The number of phenols is 1. The van der Waals surface area contributed by atoms with Gasteiger partial charge in [0.1, 0.15) is 17.6 Å². The highest BCUT2D eigenvalue weighted by atomic mass is 16.5. The molecule has 74 valence electrons. The summed E-state index contributed by atoms with van der Waals surface area (Å²) in [6.45, 7) is 1.87. The predicted octanol–water partition coefficient (Wildman–Crippen LogP) is 1.41. The van der Waals surface area contributed by atoms with Gasteiger partial charge in [0, 0.05) is 12.0 Å². The third-order valence-electron chi connectivity index (χ3n) is 2.25. The molecule has 0 saturated heterocycles. The van der Waals surface area contributed by atoms with Gasteiger partial charge in [-0.15, -0.1) is 0 Å². The molecule has 1 aliphatic heterocycles. The molecule has 1 aromatic carbocycles. The van der Waals surface area contributed by atoms with Gasteiger partial charge in [0.25, 0.3) is 0 Å². The van der Waals surface area contributed by atoms with Crippen molar-refractivity contribution in [3.8, 4) is 11.5 Å². The van der Waals surface area contributed by atoms with Crippen molar-refractivity contribution >= 4 is 5.97 Å². The number of hydrogen-bond donors (Lipinski definition) is 2. The summed E-state index contributed by atoms with van der Waals surface area (Å²) in [5.74, 6) is -0.578. The van der Waals surface area contributed by atoms with E-state index in [1.165, 1.54) is 12.1 Å². The molecule has 0 saturated carbocycles. The molecule has 4 heteroatoms. The third-order valence-corrected chi connectivity index (χ3v) is 2.25. The van der Waals surface area contributed by atoms with Crippen LogP contribution in [0.15, 0.2) is 12.1 Å². The summed E-state index contributed by atoms with van der Waals surface area (Å²) in [5, 5.41) is 18.3. The zero-order valence-corrected chi connectivity index (χ0v) is 7.65. The summed E-state index contributed by atoms with van der Waals surface area (Å²) in [5.41, 5.74) is 0.748. The van der Waals surface area contributed by atoms with Gasteiger partial charge < -0.3 is 14.9 Å². The van der Waals surface area contributed by atoms with E-state index in [-0.39, 0.29) is 17.4 Å². The van der Waals surface area contributed by atoms with Gasteiger partial charge in [-0.1, -0.05) is 0 Å². The number of fused-ring (bicyclic) bond motifs is 1. The van der Waals surface area contributed by atoms with Gasteiger partial charge in [-0.05, 0) is 19.1 Å². The molecule has 2 N–H and O–H groups in total. The molecule has 4 nitrogen and oxygen atoms in total. The first-order valence-corrected chi connectivity index (χ1v) is 4.34. The van der Waals surface area contributed by atoms with Crippen molar-refractivity contribution in [2.24, 2.45) is 0 Å². The van der Waals surface area contributed by atoms with E-state index in [1.807, 2.05) is 6.92 Å². The monoisotopic (exact) mass is 194 g/mol. The average Bonchev–Trinajstić information content (AvgIpc) is 2.45. The van der Waals surface area contributed by atoms with Crippen LogP contribution in [0.5, 0.6) is 11.5 Å². The SMILES string of the molecule is CC1Cc2c(O)cc(C(=O)O)cc2O1.